The van der Waals surface area contributed by atoms with E-state index in [2.05, 4.69) is 16.2 Å². The van der Waals surface area contributed by atoms with Crippen LogP contribution in [0, 0.1) is 0 Å². The van der Waals surface area contributed by atoms with E-state index in [0.717, 1.165) is 24.3 Å². The van der Waals surface area contributed by atoms with E-state index in [1.54, 1.807) is 0 Å². The minimum absolute atomic E-state index is 0.0276. The zero-order valence-corrected chi connectivity index (χ0v) is 17.8. The summed E-state index contributed by atoms with van der Waals surface area (Å²) in [6, 6.07) is 8.62. The van der Waals surface area contributed by atoms with Gasteiger partial charge >= 0.3 is 6.18 Å². The van der Waals surface area contributed by atoms with Crippen LogP contribution in [-0.4, -0.2) is 35.8 Å². The summed E-state index contributed by atoms with van der Waals surface area (Å²) in [5.74, 6) is -1.44. The number of hydrazine groups is 1. The summed E-state index contributed by atoms with van der Waals surface area (Å²) >= 11 is 7.21. The maximum Gasteiger partial charge on any atom is 0.416 e. The minimum atomic E-state index is -4.52. The Morgan fingerprint density at radius 3 is 2.03 bits per heavy atom. The summed E-state index contributed by atoms with van der Waals surface area (Å²) < 4.78 is 38.0. The standard InChI is InChI=1S/C20H19ClF3N3O3S/c1-31-11-10-16(19(30)27-26-18(29)13-4-8-15(21)9-5-13)25-17(28)12-2-6-14(7-3-12)20(22,23)24/h2-9,16H,10-11H2,1H3,(H,25,28)(H,26,29)(H,27,30)/t16-/m1/s1. The maximum atomic E-state index is 12.7. The lowest BCUT2D eigenvalue weighted by molar-refractivity contribution is -0.137. The van der Waals surface area contributed by atoms with Crippen molar-refractivity contribution in [2.45, 2.75) is 18.6 Å². The monoisotopic (exact) mass is 473 g/mol. The smallest absolute Gasteiger partial charge is 0.340 e. The summed E-state index contributed by atoms with van der Waals surface area (Å²) in [5, 5.41) is 2.93. The molecule has 0 fully saturated rings. The fourth-order valence-corrected chi connectivity index (χ4v) is 3.03. The summed E-state index contributed by atoms with van der Waals surface area (Å²) in [4.78, 5) is 37.0. The van der Waals surface area contributed by atoms with Crippen molar-refractivity contribution in [2.75, 3.05) is 12.0 Å². The Kier molecular flexibility index (Phi) is 8.76. The molecule has 2 aromatic carbocycles. The van der Waals surface area contributed by atoms with Gasteiger partial charge in [0.1, 0.15) is 6.04 Å². The number of halogens is 4. The van der Waals surface area contributed by atoms with E-state index in [4.69, 9.17) is 11.6 Å². The van der Waals surface area contributed by atoms with Gasteiger partial charge in [-0.05, 0) is 67.0 Å². The molecular formula is C20H19ClF3N3O3S. The van der Waals surface area contributed by atoms with Gasteiger partial charge in [-0.2, -0.15) is 24.9 Å². The second-order valence-corrected chi connectivity index (χ2v) is 7.75. The largest absolute Gasteiger partial charge is 0.416 e. The number of carbonyl (C=O) groups excluding carboxylic acids is 3. The van der Waals surface area contributed by atoms with Gasteiger partial charge in [-0.3, -0.25) is 25.2 Å². The SMILES string of the molecule is CSCC[C@@H](NC(=O)c1ccc(C(F)(F)F)cc1)C(=O)NNC(=O)c1ccc(Cl)cc1. The number of benzene rings is 2. The van der Waals surface area contributed by atoms with E-state index in [0.29, 0.717) is 10.8 Å². The first-order chi connectivity index (χ1) is 14.6. The molecule has 0 aliphatic heterocycles. The van der Waals surface area contributed by atoms with Gasteiger partial charge in [-0.15, -0.1) is 0 Å². The predicted molar refractivity (Wildman–Crippen MR) is 113 cm³/mol. The fourth-order valence-electron chi connectivity index (χ4n) is 2.44. The lowest BCUT2D eigenvalue weighted by Gasteiger charge is -2.18. The lowest BCUT2D eigenvalue weighted by atomic mass is 10.1. The molecule has 6 nitrogen and oxygen atoms in total. The van der Waals surface area contributed by atoms with Crippen molar-refractivity contribution in [3.8, 4) is 0 Å². The molecule has 0 spiro atoms. The highest BCUT2D eigenvalue weighted by atomic mass is 35.5. The summed E-state index contributed by atoms with van der Waals surface area (Å²) in [6.07, 6.45) is -2.46. The van der Waals surface area contributed by atoms with E-state index in [1.165, 1.54) is 36.0 Å². The van der Waals surface area contributed by atoms with Crippen LogP contribution in [0.1, 0.15) is 32.7 Å². The summed E-state index contributed by atoms with van der Waals surface area (Å²) in [6.45, 7) is 0. The Labute approximate surface area is 185 Å². The van der Waals surface area contributed by atoms with Crippen LogP contribution in [0.5, 0.6) is 0 Å². The van der Waals surface area contributed by atoms with Gasteiger partial charge in [-0.1, -0.05) is 11.6 Å². The molecule has 31 heavy (non-hydrogen) atoms. The first-order valence-corrected chi connectivity index (χ1v) is 10.7. The number of carbonyl (C=O) groups is 3. The molecule has 0 aromatic heterocycles. The molecule has 0 saturated carbocycles. The van der Waals surface area contributed by atoms with Crippen LogP contribution in [0.3, 0.4) is 0 Å². The second kappa shape index (κ2) is 11.1. The third-order valence-electron chi connectivity index (χ3n) is 4.11. The summed E-state index contributed by atoms with van der Waals surface area (Å²) in [7, 11) is 0. The maximum absolute atomic E-state index is 12.7. The van der Waals surface area contributed by atoms with Crippen LogP contribution in [0.2, 0.25) is 5.02 Å². The first kappa shape index (κ1) is 24.5. The predicted octanol–water partition coefficient (Wildman–Crippen LogP) is 3.67. The van der Waals surface area contributed by atoms with Crippen molar-refractivity contribution in [3.63, 3.8) is 0 Å². The normalized spacial score (nSPS) is 12.0. The average molecular weight is 474 g/mol. The number of rotatable bonds is 7. The van der Waals surface area contributed by atoms with Crippen LogP contribution >= 0.6 is 23.4 Å². The molecule has 0 radical (unpaired) electrons. The van der Waals surface area contributed by atoms with Gasteiger partial charge < -0.3 is 5.32 Å². The Balaban J connectivity index is 2.01. The number of thioether (sulfide) groups is 1. The molecule has 3 amide bonds. The molecule has 0 aliphatic rings. The van der Waals surface area contributed by atoms with E-state index < -0.39 is 35.5 Å². The summed E-state index contributed by atoms with van der Waals surface area (Å²) in [5.41, 5.74) is 3.85. The Morgan fingerprint density at radius 1 is 0.935 bits per heavy atom. The zero-order valence-electron chi connectivity index (χ0n) is 16.3. The van der Waals surface area contributed by atoms with Crippen molar-refractivity contribution >= 4 is 41.1 Å². The van der Waals surface area contributed by atoms with Gasteiger partial charge in [0.25, 0.3) is 17.7 Å². The number of amides is 3. The van der Waals surface area contributed by atoms with E-state index in [9.17, 15) is 27.6 Å². The molecule has 11 heteroatoms. The van der Waals surface area contributed by atoms with Crippen molar-refractivity contribution in [1.29, 1.82) is 0 Å². The molecule has 2 aromatic rings. The molecule has 0 saturated heterocycles. The second-order valence-electron chi connectivity index (χ2n) is 6.33. The molecule has 0 aliphatic carbocycles. The number of hydrogen-bond acceptors (Lipinski definition) is 4. The molecule has 0 bridgehead atoms. The van der Waals surface area contributed by atoms with Crippen LogP contribution in [-0.2, 0) is 11.0 Å². The lowest BCUT2D eigenvalue weighted by Crippen LogP contribution is -2.52. The molecule has 3 N–H and O–H groups in total. The third-order valence-corrected chi connectivity index (χ3v) is 5.01. The number of nitrogens with one attached hydrogen (secondary N) is 3. The Hall–Kier alpha value is -2.72. The quantitative estimate of drug-likeness (QED) is 0.535. The molecule has 2 rings (SSSR count). The topological polar surface area (TPSA) is 87.3 Å². The number of alkyl halides is 3. The molecular weight excluding hydrogens is 455 g/mol. The van der Waals surface area contributed by atoms with Crippen molar-refractivity contribution in [1.82, 2.24) is 16.2 Å². The molecule has 166 valence electrons. The van der Waals surface area contributed by atoms with Crippen LogP contribution in [0.15, 0.2) is 48.5 Å². The van der Waals surface area contributed by atoms with Gasteiger partial charge in [0.05, 0.1) is 5.56 Å². The third kappa shape index (κ3) is 7.48. The van der Waals surface area contributed by atoms with Crippen molar-refractivity contribution in [3.05, 3.63) is 70.2 Å². The molecule has 0 unspecified atom stereocenters. The van der Waals surface area contributed by atoms with Gasteiger partial charge in [0, 0.05) is 16.1 Å². The Morgan fingerprint density at radius 2 is 1.48 bits per heavy atom. The van der Waals surface area contributed by atoms with E-state index in [1.807, 2.05) is 6.26 Å². The van der Waals surface area contributed by atoms with Crippen LogP contribution < -0.4 is 16.2 Å². The molecule has 0 heterocycles. The van der Waals surface area contributed by atoms with Crippen LogP contribution in [0.4, 0.5) is 13.2 Å². The van der Waals surface area contributed by atoms with Crippen LogP contribution in [0.25, 0.3) is 0 Å². The van der Waals surface area contributed by atoms with E-state index >= 15 is 0 Å². The van der Waals surface area contributed by atoms with Crippen molar-refractivity contribution < 1.29 is 27.6 Å². The Bertz CT molecular complexity index is 922. The molecule has 1 atom stereocenters. The first-order valence-electron chi connectivity index (χ1n) is 8.94. The van der Waals surface area contributed by atoms with Gasteiger partial charge in [0.2, 0.25) is 0 Å². The highest BCUT2D eigenvalue weighted by Crippen LogP contribution is 2.29. The zero-order chi connectivity index (χ0) is 23.0. The highest BCUT2D eigenvalue weighted by molar-refractivity contribution is 7.98. The van der Waals surface area contributed by atoms with E-state index in [-0.39, 0.29) is 17.5 Å². The minimum Gasteiger partial charge on any atom is -0.340 e. The van der Waals surface area contributed by atoms with Gasteiger partial charge in [0.15, 0.2) is 0 Å². The fraction of sp³-hybridized carbons (Fsp3) is 0.250. The number of hydrogen-bond donors (Lipinski definition) is 3. The highest BCUT2D eigenvalue weighted by Gasteiger charge is 2.30. The van der Waals surface area contributed by atoms with Crippen molar-refractivity contribution in [2.24, 2.45) is 0 Å². The average Bonchev–Trinajstić information content (AvgIpc) is 2.74. The van der Waals surface area contributed by atoms with Gasteiger partial charge in [-0.25, -0.2) is 0 Å².